The second-order valence-electron chi connectivity index (χ2n) is 1.83. The number of amides is 2. The first-order chi connectivity index (χ1) is 5.11. The number of primary amides is 1. The number of methoxy groups -OCH3 is 1. The third-order valence-corrected chi connectivity index (χ3v) is 1.06. The van der Waals surface area contributed by atoms with Gasteiger partial charge in [-0.25, -0.2) is 4.79 Å². The second kappa shape index (κ2) is 4.51. The Kier molecular flexibility index (Phi) is 3.97. The zero-order valence-electron chi connectivity index (χ0n) is 6.16. The van der Waals surface area contributed by atoms with Gasteiger partial charge in [0.1, 0.15) is 6.04 Å². The number of nitrogens with one attached hydrogen (secondary N) is 1. The number of hydrogen-bond acceptors (Lipinski definition) is 4. The summed E-state index contributed by atoms with van der Waals surface area (Å²) in [7, 11) is 1.18. The van der Waals surface area contributed by atoms with E-state index in [2.05, 4.69) is 10.1 Å². The van der Waals surface area contributed by atoms with Crippen molar-refractivity contribution in [3.8, 4) is 0 Å². The highest BCUT2D eigenvalue weighted by molar-refractivity contribution is 5.84. The second-order valence-corrected chi connectivity index (χ2v) is 1.83. The average molecular weight is 161 g/mol. The van der Waals surface area contributed by atoms with Crippen molar-refractivity contribution in [3.05, 3.63) is 0 Å². The molecule has 0 bridgehead atoms. The molecule has 0 aromatic heterocycles. The summed E-state index contributed by atoms with van der Waals surface area (Å²) < 4.78 is 4.22. The van der Waals surface area contributed by atoms with Crippen molar-refractivity contribution in [2.24, 2.45) is 11.5 Å². The van der Waals surface area contributed by atoms with Crippen LogP contribution < -0.4 is 16.8 Å². The minimum absolute atomic E-state index is 0.0373. The highest BCUT2D eigenvalue weighted by Gasteiger charge is 2.15. The third kappa shape index (κ3) is 3.41. The van der Waals surface area contributed by atoms with Gasteiger partial charge in [-0.1, -0.05) is 0 Å². The number of ether oxygens (including phenoxy) is 1. The molecule has 2 amide bonds. The van der Waals surface area contributed by atoms with Crippen LogP contribution >= 0.6 is 0 Å². The van der Waals surface area contributed by atoms with Crippen molar-refractivity contribution >= 4 is 12.0 Å². The smallest absolute Gasteiger partial charge is 0.407 e. The summed E-state index contributed by atoms with van der Waals surface area (Å²) in [5, 5.41) is 2.16. The fraction of sp³-hybridized carbons (Fsp3) is 0.600. The van der Waals surface area contributed by atoms with E-state index in [-0.39, 0.29) is 6.54 Å². The molecule has 0 heterocycles. The number of carbonyl (C=O) groups is 2. The van der Waals surface area contributed by atoms with E-state index in [1.165, 1.54) is 7.11 Å². The van der Waals surface area contributed by atoms with Gasteiger partial charge in [0, 0.05) is 6.54 Å². The molecule has 0 radical (unpaired) electrons. The van der Waals surface area contributed by atoms with E-state index in [0.717, 1.165) is 0 Å². The molecule has 6 heteroatoms. The summed E-state index contributed by atoms with van der Waals surface area (Å²) in [5.41, 5.74) is 9.97. The maximum atomic E-state index is 10.5. The predicted octanol–water partition coefficient (Wildman–Crippen LogP) is -1.84. The number of nitrogens with two attached hydrogens (primary N) is 2. The zero-order chi connectivity index (χ0) is 8.85. The van der Waals surface area contributed by atoms with E-state index in [0.29, 0.717) is 0 Å². The lowest BCUT2D eigenvalue weighted by molar-refractivity contribution is -0.119. The molecule has 11 heavy (non-hydrogen) atoms. The van der Waals surface area contributed by atoms with Gasteiger partial charge in [-0.15, -0.1) is 0 Å². The molecule has 0 rings (SSSR count). The van der Waals surface area contributed by atoms with Crippen molar-refractivity contribution in [3.63, 3.8) is 0 Å². The molecule has 1 atom stereocenters. The van der Waals surface area contributed by atoms with Crippen LogP contribution in [0, 0.1) is 0 Å². The third-order valence-electron chi connectivity index (χ3n) is 1.06. The highest BCUT2D eigenvalue weighted by atomic mass is 16.5. The first kappa shape index (κ1) is 9.70. The quantitative estimate of drug-likeness (QED) is 0.451. The van der Waals surface area contributed by atoms with Crippen molar-refractivity contribution in [2.45, 2.75) is 6.04 Å². The Morgan fingerprint density at radius 2 is 2.18 bits per heavy atom. The standard InChI is InChI=1S/C5H11N3O3/c1-11-5(10)8-3(2-6)4(7)9/h3H,2,6H2,1H3,(H2,7,9)(H,8,10). The van der Waals surface area contributed by atoms with Gasteiger partial charge in [-0.05, 0) is 0 Å². The van der Waals surface area contributed by atoms with Crippen molar-refractivity contribution in [1.82, 2.24) is 5.32 Å². The predicted molar refractivity (Wildman–Crippen MR) is 37.6 cm³/mol. The fourth-order valence-electron chi connectivity index (χ4n) is 0.447. The Morgan fingerprint density at radius 3 is 2.45 bits per heavy atom. The maximum absolute atomic E-state index is 10.5. The van der Waals surface area contributed by atoms with Crippen molar-refractivity contribution < 1.29 is 14.3 Å². The summed E-state index contributed by atoms with van der Waals surface area (Å²) in [5.74, 6) is -0.682. The van der Waals surface area contributed by atoms with Gasteiger partial charge >= 0.3 is 6.09 Å². The molecule has 0 aliphatic carbocycles. The molecular weight excluding hydrogens is 150 g/mol. The molecule has 0 aromatic carbocycles. The molecule has 0 aliphatic rings. The Hall–Kier alpha value is -1.30. The van der Waals surface area contributed by atoms with Gasteiger partial charge in [-0.2, -0.15) is 0 Å². The first-order valence-electron chi connectivity index (χ1n) is 2.95. The molecule has 0 aliphatic heterocycles. The molecule has 0 aromatic rings. The van der Waals surface area contributed by atoms with Crippen LogP contribution in [0.1, 0.15) is 0 Å². The summed E-state index contributed by atoms with van der Waals surface area (Å²) in [6, 6.07) is -0.859. The summed E-state index contributed by atoms with van der Waals surface area (Å²) >= 11 is 0. The molecule has 0 fully saturated rings. The van der Waals surface area contributed by atoms with Gasteiger partial charge in [0.05, 0.1) is 7.11 Å². The lowest BCUT2D eigenvalue weighted by Crippen LogP contribution is -2.48. The Labute approximate surface area is 63.9 Å². The van der Waals surface area contributed by atoms with Crippen LogP contribution in [0.3, 0.4) is 0 Å². The monoisotopic (exact) mass is 161 g/mol. The van der Waals surface area contributed by atoms with Gasteiger partial charge < -0.3 is 21.5 Å². The highest BCUT2D eigenvalue weighted by Crippen LogP contribution is 1.79. The van der Waals surface area contributed by atoms with Crippen LogP contribution in [-0.4, -0.2) is 31.7 Å². The lowest BCUT2D eigenvalue weighted by Gasteiger charge is -2.10. The Balaban J connectivity index is 3.88. The van der Waals surface area contributed by atoms with Crippen LogP contribution in [-0.2, 0) is 9.53 Å². The lowest BCUT2D eigenvalue weighted by atomic mass is 10.3. The van der Waals surface area contributed by atoms with Crippen LogP contribution in [0.2, 0.25) is 0 Å². The first-order valence-corrected chi connectivity index (χ1v) is 2.95. The van der Waals surface area contributed by atoms with Gasteiger partial charge in [-0.3, -0.25) is 4.79 Å². The SMILES string of the molecule is COC(=O)NC(CN)C(N)=O. The van der Waals surface area contributed by atoms with E-state index in [4.69, 9.17) is 11.5 Å². The molecule has 0 saturated carbocycles. The molecule has 6 nitrogen and oxygen atoms in total. The Morgan fingerprint density at radius 1 is 1.64 bits per heavy atom. The minimum Gasteiger partial charge on any atom is -0.453 e. The molecule has 0 saturated heterocycles. The molecular formula is C5H11N3O3. The van der Waals surface area contributed by atoms with Crippen LogP contribution in [0.15, 0.2) is 0 Å². The number of carbonyl (C=O) groups excluding carboxylic acids is 2. The van der Waals surface area contributed by atoms with Crippen LogP contribution in [0.4, 0.5) is 4.79 Å². The maximum Gasteiger partial charge on any atom is 0.407 e. The summed E-state index contributed by atoms with van der Waals surface area (Å²) in [6.45, 7) is -0.0373. The van der Waals surface area contributed by atoms with Gasteiger partial charge in [0.15, 0.2) is 0 Å². The largest absolute Gasteiger partial charge is 0.453 e. The minimum atomic E-state index is -0.859. The molecule has 64 valence electrons. The van der Waals surface area contributed by atoms with Crippen molar-refractivity contribution in [2.75, 3.05) is 13.7 Å². The van der Waals surface area contributed by atoms with E-state index >= 15 is 0 Å². The average Bonchev–Trinajstić information content (AvgIpc) is 1.99. The number of rotatable bonds is 3. The molecule has 5 N–H and O–H groups in total. The van der Waals surface area contributed by atoms with Gasteiger partial charge in [0.2, 0.25) is 5.91 Å². The van der Waals surface area contributed by atoms with E-state index in [1.807, 2.05) is 0 Å². The normalized spacial score (nSPS) is 11.8. The van der Waals surface area contributed by atoms with Gasteiger partial charge in [0.25, 0.3) is 0 Å². The topological polar surface area (TPSA) is 107 Å². The van der Waals surface area contributed by atoms with Crippen LogP contribution in [0.5, 0.6) is 0 Å². The zero-order valence-corrected chi connectivity index (χ0v) is 6.16. The summed E-state index contributed by atoms with van der Waals surface area (Å²) in [4.78, 5) is 20.9. The fourth-order valence-corrected chi connectivity index (χ4v) is 0.447. The summed E-state index contributed by atoms with van der Waals surface area (Å²) in [6.07, 6.45) is -0.723. The molecule has 1 unspecified atom stereocenters. The van der Waals surface area contributed by atoms with E-state index in [1.54, 1.807) is 0 Å². The number of hydrogen-bond donors (Lipinski definition) is 3. The molecule has 0 spiro atoms. The van der Waals surface area contributed by atoms with Crippen molar-refractivity contribution in [1.29, 1.82) is 0 Å². The van der Waals surface area contributed by atoms with E-state index < -0.39 is 18.0 Å². The number of alkyl carbamates (subject to hydrolysis) is 1. The van der Waals surface area contributed by atoms with E-state index in [9.17, 15) is 9.59 Å². The van der Waals surface area contributed by atoms with Crippen LogP contribution in [0.25, 0.3) is 0 Å². The Bertz CT molecular complexity index is 159.